The fraction of sp³-hybridized carbons (Fsp3) is 0.800. The lowest BCUT2D eigenvalue weighted by Crippen LogP contribution is -2.37. The first-order valence-corrected chi connectivity index (χ1v) is 39.8. The van der Waals surface area contributed by atoms with Crippen LogP contribution < -0.4 is 4.89 Å². The molecule has 0 saturated heterocycles. The van der Waals surface area contributed by atoms with Gasteiger partial charge >= 0.3 is 11.9 Å². The number of allylic oxidation sites excluding steroid dienone is 14. The molecule has 2 atom stereocenters. The predicted molar refractivity (Wildman–Crippen MR) is 388 cm³/mol. The predicted octanol–water partition coefficient (Wildman–Crippen LogP) is 24.6. The molecule has 0 aromatic heterocycles. The monoisotopic (exact) mass is 1280 g/mol. The Labute approximate surface area is 558 Å². The lowest BCUT2D eigenvalue weighted by Gasteiger charge is -2.28. The molecule has 2 unspecified atom stereocenters. The highest BCUT2D eigenvalue weighted by atomic mass is 31.2. The summed E-state index contributed by atoms with van der Waals surface area (Å²) in [6.07, 6.45) is 96.9. The Bertz CT molecular complexity index is 1800. The standard InChI is InChI=1S/C80H146NO8P/c1-6-8-10-12-14-16-18-20-22-24-26-28-30-32-34-35-36-37-38-39-40-41-42-43-44-45-47-49-51-53-55-57-59-61-63-65-67-69-71-73-80(83)89-78(77-88-90(84,85)87-75-74-81(3,4)5)76-86-79(82)72-70-68-66-64-62-60-58-56-54-52-50-48-46-33-31-29-27-25-23-21-19-17-15-13-11-9-7-2/h8,10,14,16,20,22,25-28,32,34,36-37,78H,6-7,9,11-13,15,17-19,21,23-24,29-31,33,35,38-77H2,1-5H3/b10-8-,16-14-,22-20-,27-25-,28-26-,34-32-,37-36-. The van der Waals surface area contributed by atoms with Crippen molar-refractivity contribution in [3.8, 4) is 0 Å². The van der Waals surface area contributed by atoms with Crippen LogP contribution >= 0.6 is 7.82 Å². The molecule has 0 aromatic carbocycles. The Morgan fingerprint density at radius 1 is 0.356 bits per heavy atom. The summed E-state index contributed by atoms with van der Waals surface area (Å²) in [5.41, 5.74) is 0. The number of ether oxygens (including phenoxy) is 2. The van der Waals surface area contributed by atoms with E-state index in [0.29, 0.717) is 17.4 Å². The van der Waals surface area contributed by atoms with Crippen molar-refractivity contribution in [3.63, 3.8) is 0 Å². The summed E-state index contributed by atoms with van der Waals surface area (Å²) in [5, 5.41) is 0. The second-order valence-electron chi connectivity index (χ2n) is 27.0. The molecule has 0 aromatic rings. The minimum atomic E-state index is -4.64. The van der Waals surface area contributed by atoms with Gasteiger partial charge in [0, 0.05) is 12.8 Å². The van der Waals surface area contributed by atoms with E-state index in [1.54, 1.807) is 0 Å². The van der Waals surface area contributed by atoms with Crippen molar-refractivity contribution in [1.82, 2.24) is 0 Å². The quantitative estimate of drug-likeness (QED) is 0.0195. The average molecular weight is 1280 g/mol. The highest BCUT2D eigenvalue weighted by Crippen LogP contribution is 2.38. The van der Waals surface area contributed by atoms with Crippen molar-refractivity contribution in [2.75, 3.05) is 47.5 Å². The number of carbonyl (C=O) groups excluding carboxylic acids is 2. The van der Waals surface area contributed by atoms with Crippen LogP contribution in [0.4, 0.5) is 0 Å². The van der Waals surface area contributed by atoms with Crippen LogP contribution in [0.1, 0.15) is 361 Å². The third kappa shape index (κ3) is 74.2. The van der Waals surface area contributed by atoms with Gasteiger partial charge in [0.1, 0.15) is 19.8 Å². The maximum absolute atomic E-state index is 12.9. The first-order valence-electron chi connectivity index (χ1n) is 38.3. The second kappa shape index (κ2) is 70.5. The van der Waals surface area contributed by atoms with E-state index in [-0.39, 0.29) is 32.0 Å². The zero-order valence-corrected chi connectivity index (χ0v) is 60.7. The average Bonchev–Trinajstić information content (AvgIpc) is 3.58. The van der Waals surface area contributed by atoms with Crippen molar-refractivity contribution in [2.24, 2.45) is 0 Å². The summed E-state index contributed by atoms with van der Waals surface area (Å²) in [6.45, 7) is 4.18. The van der Waals surface area contributed by atoms with Crippen molar-refractivity contribution in [1.29, 1.82) is 0 Å². The Balaban J connectivity index is 3.95. The van der Waals surface area contributed by atoms with E-state index in [9.17, 15) is 19.0 Å². The Morgan fingerprint density at radius 3 is 0.956 bits per heavy atom. The third-order valence-electron chi connectivity index (χ3n) is 16.9. The molecule has 0 fully saturated rings. The van der Waals surface area contributed by atoms with Crippen LogP contribution in [0.5, 0.6) is 0 Å². The van der Waals surface area contributed by atoms with Gasteiger partial charge in [0.05, 0.1) is 27.7 Å². The van der Waals surface area contributed by atoms with Gasteiger partial charge in [0.15, 0.2) is 6.10 Å². The number of hydrogen-bond acceptors (Lipinski definition) is 8. The largest absolute Gasteiger partial charge is 0.756 e. The molecule has 10 heteroatoms. The maximum Gasteiger partial charge on any atom is 0.306 e. The second-order valence-corrected chi connectivity index (χ2v) is 28.4. The van der Waals surface area contributed by atoms with Crippen LogP contribution in [0.2, 0.25) is 0 Å². The summed E-state index contributed by atoms with van der Waals surface area (Å²) < 4.78 is 34.4. The zero-order valence-electron chi connectivity index (χ0n) is 59.8. The van der Waals surface area contributed by atoms with Gasteiger partial charge in [-0.3, -0.25) is 14.2 Å². The van der Waals surface area contributed by atoms with E-state index >= 15 is 0 Å². The highest BCUT2D eigenvalue weighted by Gasteiger charge is 2.22. The molecule has 0 radical (unpaired) electrons. The molecular formula is C80H146NO8P. The van der Waals surface area contributed by atoms with Crippen LogP contribution in [0, 0.1) is 0 Å². The number of quaternary nitrogens is 1. The van der Waals surface area contributed by atoms with Gasteiger partial charge in [0.2, 0.25) is 0 Å². The topological polar surface area (TPSA) is 111 Å². The number of nitrogens with zero attached hydrogens (tertiary/aromatic N) is 1. The number of hydrogen-bond donors (Lipinski definition) is 0. The molecule has 0 heterocycles. The summed E-state index contributed by atoms with van der Waals surface area (Å²) in [5.74, 6) is -0.816. The maximum atomic E-state index is 12.9. The van der Waals surface area contributed by atoms with Crippen LogP contribution in [0.15, 0.2) is 85.1 Å². The van der Waals surface area contributed by atoms with E-state index in [2.05, 4.69) is 98.9 Å². The molecule has 0 aliphatic heterocycles. The van der Waals surface area contributed by atoms with E-state index in [0.717, 1.165) is 77.0 Å². The van der Waals surface area contributed by atoms with Gasteiger partial charge in [-0.2, -0.15) is 0 Å². The highest BCUT2D eigenvalue weighted by molar-refractivity contribution is 7.45. The van der Waals surface area contributed by atoms with Crippen LogP contribution in [-0.2, 0) is 32.7 Å². The number of rotatable bonds is 71. The minimum absolute atomic E-state index is 0.0301. The summed E-state index contributed by atoms with van der Waals surface area (Å²) in [4.78, 5) is 38.1. The molecule has 0 N–H and O–H groups in total. The Kier molecular flexibility index (Phi) is 68.3. The number of likely N-dealkylation sites (N-methyl/N-ethyl adjacent to an activating group) is 1. The van der Waals surface area contributed by atoms with Crippen molar-refractivity contribution >= 4 is 19.8 Å². The van der Waals surface area contributed by atoms with E-state index in [1.165, 1.54) is 250 Å². The third-order valence-corrected chi connectivity index (χ3v) is 17.9. The van der Waals surface area contributed by atoms with Crippen LogP contribution in [0.3, 0.4) is 0 Å². The van der Waals surface area contributed by atoms with E-state index in [1.807, 2.05) is 21.1 Å². The summed E-state index contributed by atoms with van der Waals surface area (Å²) >= 11 is 0. The van der Waals surface area contributed by atoms with Gasteiger partial charge in [-0.05, 0) is 89.9 Å². The Morgan fingerprint density at radius 2 is 0.633 bits per heavy atom. The van der Waals surface area contributed by atoms with Gasteiger partial charge in [0.25, 0.3) is 7.82 Å². The fourth-order valence-corrected chi connectivity index (χ4v) is 11.8. The van der Waals surface area contributed by atoms with Gasteiger partial charge < -0.3 is 27.9 Å². The summed E-state index contributed by atoms with van der Waals surface area (Å²) in [6, 6.07) is 0. The lowest BCUT2D eigenvalue weighted by atomic mass is 10.0. The SMILES string of the molecule is CC/C=C\C/C=C\C/C=C\C/C=C\C/C=C\C/C=C\CCCCCCCCCCCCCCCCCCCCCCC(=O)OC(COC(=O)CCCCCCCCCCCCCCCCC/C=C\CCCCCCCCCC)COP(=O)([O-])OCC[N+](C)(C)C. The molecule has 524 valence electrons. The number of unbranched alkanes of at least 4 members (excludes halogenated alkanes) is 43. The smallest absolute Gasteiger partial charge is 0.306 e. The minimum Gasteiger partial charge on any atom is -0.756 e. The molecule has 0 amide bonds. The molecular weight excluding hydrogens is 1130 g/mol. The van der Waals surface area contributed by atoms with E-state index in [4.69, 9.17) is 18.5 Å². The van der Waals surface area contributed by atoms with Crippen molar-refractivity contribution < 1.29 is 42.1 Å². The number of esters is 2. The summed E-state index contributed by atoms with van der Waals surface area (Å²) in [7, 11) is 1.18. The molecule has 0 rings (SSSR count). The number of phosphoric acid groups is 1. The first-order chi connectivity index (χ1) is 44.0. The van der Waals surface area contributed by atoms with Gasteiger partial charge in [-0.1, -0.05) is 343 Å². The lowest BCUT2D eigenvalue weighted by molar-refractivity contribution is -0.870. The number of carbonyl (C=O) groups is 2. The normalized spacial score (nSPS) is 13.5. The fourth-order valence-electron chi connectivity index (χ4n) is 11.1. The van der Waals surface area contributed by atoms with Crippen LogP contribution in [0.25, 0.3) is 0 Å². The molecule has 0 aliphatic rings. The number of phosphoric ester groups is 1. The first kappa shape index (κ1) is 87.2. The molecule has 0 bridgehead atoms. The van der Waals surface area contributed by atoms with Crippen molar-refractivity contribution in [3.05, 3.63) is 85.1 Å². The molecule has 0 saturated carbocycles. The van der Waals surface area contributed by atoms with Gasteiger partial charge in [-0.15, -0.1) is 0 Å². The van der Waals surface area contributed by atoms with E-state index < -0.39 is 26.5 Å². The van der Waals surface area contributed by atoms with Crippen molar-refractivity contribution in [2.45, 2.75) is 367 Å². The molecule has 9 nitrogen and oxygen atoms in total. The van der Waals surface area contributed by atoms with Crippen LogP contribution in [-0.4, -0.2) is 70.0 Å². The van der Waals surface area contributed by atoms with Gasteiger partial charge in [-0.25, -0.2) is 0 Å². The zero-order chi connectivity index (χ0) is 65.5. The molecule has 0 spiro atoms. The molecule has 90 heavy (non-hydrogen) atoms. The Hall–Kier alpha value is -2.81. The molecule has 0 aliphatic carbocycles.